The van der Waals surface area contributed by atoms with Gasteiger partial charge in [-0.1, -0.05) is 29.8 Å². The summed E-state index contributed by atoms with van der Waals surface area (Å²) in [5.41, 5.74) is 1.65. The van der Waals surface area contributed by atoms with E-state index in [0.717, 1.165) is 10.2 Å². The quantitative estimate of drug-likeness (QED) is 0.768. The highest BCUT2D eigenvalue weighted by molar-refractivity contribution is 5.55. The highest BCUT2D eigenvalue weighted by Crippen LogP contribution is 2.28. The summed E-state index contributed by atoms with van der Waals surface area (Å²) < 4.78 is 38.4. The third-order valence-corrected chi connectivity index (χ3v) is 2.33. The van der Waals surface area contributed by atoms with Crippen LogP contribution in [0.5, 0.6) is 0 Å². The lowest BCUT2D eigenvalue weighted by molar-refractivity contribution is -0.144. The smallest absolute Gasteiger partial charge is 0.248 e. The molecule has 17 heavy (non-hydrogen) atoms. The van der Waals surface area contributed by atoms with Gasteiger partial charge in [-0.05, 0) is 6.92 Å². The first kappa shape index (κ1) is 11.6. The van der Waals surface area contributed by atoms with E-state index in [1.165, 1.54) is 7.05 Å². The zero-order chi connectivity index (χ0) is 12.6. The first-order valence-electron chi connectivity index (χ1n) is 4.93. The molecule has 3 nitrogen and oxygen atoms in total. The van der Waals surface area contributed by atoms with Crippen molar-refractivity contribution in [3.63, 3.8) is 0 Å². The lowest BCUT2D eigenvalue weighted by atomic mass is 10.1. The number of hydrogen-bond acceptors (Lipinski definition) is 2. The summed E-state index contributed by atoms with van der Waals surface area (Å²) in [5, 5.41) is 3.36. The Morgan fingerprint density at radius 3 is 2.18 bits per heavy atom. The van der Waals surface area contributed by atoms with E-state index < -0.39 is 12.0 Å². The lowest BCUT2D eigenvalue weighted by Gasteiger charge is -1.99. The Hall–Kier alpha value is -1.85. The topological polar surface area (TPSA) is 30.7 Å². The van der Waals surface area contributed by atoms with Gasteiger partial charge in [0.15, 0.2) is 5.82 Å². The zero-order valence-corrected chi connectivity index (χ0v) is 9.28. The van der Waals surface area contributed by atoms with Gasteiger partial charge in [-0.3, -0.25) is 0 Å². The summed E-state index contributed by atoms with van der Waals surface area (Å²) >= 11 is 0. The minimum Gasteiger partial charge on any atom is -0.248 e. The predicted molar refractivity (Wildman–Crippen MR) is 56.2 cm³/mol. The Balaban J connectivity index is 2.46. The summed E-state index contributed by atoms with van der Waals surface area (Å²) in [5.74, 6) is -0.909. The highest BCUT2D eigenvalue weighted by atomic mass is 19.4. The molecule has 1 aromatic heterocycles. The summed E-state index contributed by atoms with van der Waals surface area (Å²) in [7, 11) is 1.44. The van der Waals surface area contributed by atoms with Crippen molar-refractivity contribution in [3.05, 3.63) is 35.7 Å². The number of benzene rings is 1. The van der Waals surface area contributed by atoms with E-state index >= 15 is 0 Å². The third-order valence-electron chi connectivity index (χ3n) is 2.33. The molecule has 0 spiro atoms. The summed E-state index contributed by atoms with van der Waals surface area (Å²) in [6.45, 7) is 1.90. The monoisotopic (exact) mass is 241 g/mol. The molecule has 0 unspecified atom stereocenters. The van der Waals surface area contributed by atoms with Crippen molar-refractivity contribution < 1.29 is 13.2 Å². The average Bonchev–Trinajstić information content (AvgIpc) is 2.61. The summed E-state index contributed by atoms with van der Waals surface area (Å²) in [6, 6.07) is 7.08. The molecule has 6 heteroatoms. The van der Waals surface area contributed by atoms with Gasteiger partial charge in [0.25, 0.3) is 5.82 Å². The van der Waals surface area contributed by atoms with Crippen molar-refractivity contribution >= 4 is 0 Å². The summed E-state index contributed by atoms with van der Waals surface area (Å²) in [4.78, 5) is 3.51. The number of aryl methyl sites for hydroxylation is 2. The van der Waals surface area contributed by atoms with Crippen LogP contribution in [0.1, 0.15) is 11.4 Å². The van der Waals surface area contributed by atoms with Crippen LogP contribution in [0.2, 0.25) is 0 Å². The van der Waals surface area contributed by atoms with Gasteiger partial charge in [-0.15, -0.1) is 5.10 Å². The predicted octanol–water partition coefficient (Wildman–Crippen LogP) is 2.81. The SMILES string of the molecule is Cc1ccc(-c2nc(C(F)(F)F)nn2C)cc1. The summed E-state index contributed by atoms with van der Waals surface area (Å²) in [6.07, 6.45) is -4.51. The molecule has 0 radical (unpaired) electrons. The molecule has 0 N–H and O–H groups in total. The molecule has 0 fully saturated rings. The van der Waals surface area contributed by atoms with Crippen LogP contribution in [0.15, 0.2) is 24.3 Å². The van der Waals surface area contributed by atoms with Crippen LogP contribution in [0.3, 0.4) is 0 Å². The largest absolute Gasteiger partial charge is 0.453 e. The van der Waals surface area contributed by atoms with Crippen LogP contribution in [0, 0.1) is 6.92 Å². The molecule has 90 valence electrons. The molecule has 0 aliphatic rings. The first-order chi connectivity index (χ1) is 7.88. The maximum atomic E-state index is 12.4. The number of alkyl halides is 3. The van der Waals surface area contributed by atoms with Gasteiger partial charge >= 0.3 is 6.18 Å². The van der Waals surface area contributed by atoms with Crippen LogP contribution in [-0.4, -0.2) is 14.8 Å². The van der Waals surface area contributed by atoms with Gasteiger partial charge < -0.3 is 0 Å². The van der Waals surface area contributed by atoms with E-state index in [1.807, 2.05) is 19.1 Å². The highest BCUT2D eigenvalue weighted by Gasteiger charge is 2.36. The van der Waals surface area contributed by atoms with Gasteiger partial charge in [-0.25, -0.2) is 9.67 Å². The van der Waals surface area contributed by atoms with Crippen molar-refractivity contribution in [1.29, 1.82) is 0 Å². The maximum absolute atomic E-state index is 12.4. The normalized spacial score (nSPS) is 11.8. The van der Waals surface area contributed by atoms with E-state index in [-0.39, 0.29) is 5.82 Å². The molecule has 1 heterocycles. The van der Waals surface area contributed by atoms with Crippen LogP contribution < -0.4 is 0 Å². The van der Waals surface area contributed by atoms with E-state index in [9.17, 15) is 13.2 Å². The molecule has 2 aromatic rings. The third kappa shape index (κ3) is 2.30. The fourth-order valence-electron chi connectivity index (χ4n) is 1.46. The molecule has 0 bridgehead atoms. The van der Waals surface area contributed by atoms with Crippen molar-refractivity contribution in [2.75, 3.05) is 0 Å². The lowest BCUT2D eigenvalue weighted by Crippen LogP contribution is -2.08. The van der Waals surface area contributed by atoms with Crippen LogP contribution >= 0.6 is 0 Å². The second-order valence-corrected chi connectivity index (χ2v) is 3.75. The number of rotatable bonds is 1. The van der Waals surface area contributed by atoms with E-state index in [0.29, 0.717) is 5.56 Å². The van der Waals surface area contributed by atoms with Crippen molar-refractivity contribution in [3.8, 4) is 11.4 Å². The van der Waals surface area contributed by atoms with Crippen LogP contribution in [0.4, 0.5) is 13.2 Å². The molecular weight excluding hydrogens is 231 g/mol. The van der Waals surface area contributed by atoms with Crippen LogP contribution in [0.25, 0.3) is 11.4 Å². The molecule has 0 amide bonds. The second kappa shape index (κ2) is 3.87. The molecule has 0 aliphatic heterocycles. The minimum absolute atomic E-state index is 0.206. The van der Waals surface area contributed by atoms with Crippen LogP contribution in [-0.2, 0) is 13.2 Å². The molecule has 1 aromatic carbocycles. The van der Waals surface area contributed by atoms with E-state index in [4.69, 9.17) is 0 Å². The van der Waals surface area contributed by atoms with Crippen molar-refractivity contribution in [1.82, 2.24) is 14.8 Å². The average molecular weight is 241 g/mol. The Morgan fingerprint density at radius 2 is 1.71 bits per heavy atom. The Kier molecular flexibility index (Phi) is 2.65. The number of aromatic nitrogens is 3. The fourth-order valence-corrected chi connectivity index (χ4v) is 1.46. The number of halogens is 3. The van der Waals surface area contributed by atoms with Gasteiger partial charge in [0.1, 0.15) is 0 Å². The fraction of sp³-hybridized carbons (Fsp3) is 0.273. The van der Waals surface area contributed by atoms with Gasteiger partial charge in [0.2, 0.25) is 0 Å². The Labute approximate surface area is 95.9 Å². The number of hydrogen-bond donors (Lipinski definition) is 0. The second-order valence-electron chi connectivity index (χ2n) is 3.75. The van der Waals surface area contributed by atoms with Crippen molar-refractivity contribution in [2.24, 2.45) is 7.05 Å². The van der Waals surface area contributed by atoms with Crippen molar-refractivity contribution in [2.45, 2.75) is 13.1 Å². The molecule has 0 aliphatic carbocycles. The molecule has 0 atom stereocenters. The first-order valence-corrected chi connectivity index (χ1v) is 4.93. The van der Waals surface area contributed by atoms with E-state index in [1.54, 1.807) is 12.1 Å². The Morgan fingerprint density at radius 1 is 1.12 bits per heavy atom. The van der Waals surface area contributed by atoms with Gasteiger partial charge in [0.05, 0.1) is 0 Å². The standard InChI is InChI=1S/C11H10F3N3/c1-7-3-5-8(6-4-7)9-15-10(11(12,13)14)16-17(9)2/h3-6H,1-2H3. The van der Waals surface area contributed by atoms with Gasteiger partial charge in [-0.2, -0.15) is 13.2 Å². The molecule has 0 saturated heterocycles. The molecule has 0 saturated carbocycles. The Bertz CT molecular complexity index is 526. The zero-order valence-electron chi connectivity index (χ0n) is 9.28. The number of nitrogens with zero attached hydrogens (tertiary/aromatic N) is 3. The minimum atomic E-state index is -4.51. The van der Waals surface area contributed by atoms with E-state index in [2.05, 4.69) is 10.1 Å². The molecule has 2 rings (SSSR count). The molecular formula is C11H10F3N3. The van der Waals surface area contributed by atoms with Gasteiger partial charge in [0, 0.05) is 12.6 Å². The maximum Gasteiger partial charge on any atom is 0.453 e.